The highest BCUT2D eigenvalue weighted by Crippen LogP contribution is 2.39. The first-order chi connectivity index (χ1) is 14.1. The molecular formula is C19H17BrN4O3S3. The molecule has 5 N–H and O–H groups in total. The number of hydrazone groups is 1. The average Bonchev–Trinajstić information content (AvgIpc) is 3.08. The van der Waals surface area contributed by atoms with Crippen molar-refractivity contribution in [1.29, 1.82) is 0 Å². The first-order valence-electron chi connectivity index (χ1n) is 8.46. The minimum Gasteiger partial charge on any atom is -0.506 e. The van der Waals surface area contributed by atoms with E-state index in [1.807, 2.05) is 29.6 Å². The molecule has 0 fully saturated rings. The second kappa shape index (κ2) is 9.23. The van der Waals surface area contributed by atoms with Gasteiger partial charge in [0.15, 0.2) is 5.11 Å². The van der Waals surface area contributed by atoms with Crippen molar-refractivity contribution in [3.05, 3.63) is 63.9 Å². The maximum atomic E-state index is 11.3. The van der Waals surface area contributed by atoms with Crippen molar-refractivity contribution >= 4 is 66.0 Å². The first kappa shape index (κ1) is 22.4. The number of thiocarbonyl (C=S) groups is 1. The van der Waals surface area contributed by atoms with Crippen LogP contribution in [0.25, 0.3) is 10.4 Å². The molecule has 0 spiro atoms. The summed E-state index contributed by atoms with van der Waals surface area (Å²) < 4.78 is 23.5. The number of rotatable bonds is 5. The van der Waals surface area contributed by atoms with Gasteiger partial charge in [-0.3, -0.25) is 5.43 Å². The molecule has 156 valence electrons. The van der Waals surface area contributed by atoms with Crippen molar-refractivity contribution in [2.45, 2.75) is 11.8 Å². The van der Waals surface area contributed by atoms with Crippen LogP contribution in [0.2, 0.25) is 0 Å². The fourth-order valence-corrected chi connectivity index (χ4v) is 4.45. The molecule has 0 amide bonds. The normalized spacial score (nSPS) is 11.9. The van der Waals surface area contributed by atoms with Crippen LogP contribution < -0.4 is 15.9 Å². The van der Waals surface area contributed by atoms with Crippen molar-refractivity contribution in [3.8, 4) is 16.2 Å². The van der Waals surface area contributed by atoms with E-state index >= 15 is 0 Å². The van der Waals surface area contributed by atoms with Crippen molar-refractivity contribution in [3.63, 3.8) is 0 Å². The molecule has 2 aromatic carbocycles. The van der Waals surface area contributed by atoms with Gasteiger partial charge in [0.25, 0.3) is 0 Å². The summed E-state index contributed by atoms with van der Waals surface area (Å²) in [6.07, 6.45) is 0. The number of anilines is 1. The number of halogens is 1. The number of hydrogen-bond donors (Lipinski definition) is 4. The third-order valence-electron chi connectivity index (χ3n) is 4.03. The molecule has 3 rings (SSSR count). The Labute approximate surface area is 191 Å². The number of benzene rings is 2. The average molecular weight is 525 g/mol. The van der Waals surface area contributed by atoms with Crippen LogP contribution in [0.3, 0.4) is 0 Å². The Hall–Kier alpha value is -2.31. The number of primary sulfonamides is 1. The molecular weight excluding hydrogens is 508 g/mol. The quantitative estimate of drug-likeness (QED) is 0.225. The molecule has 3 aromatic rings. The fraction of sp³-hybridized carbons (Fsp3) is 0.0526. The number of sulfonamides is 1. The van der Waals surface area contributed by atoms with Crippen LogP contribution in [-0.2, 0) is 10.0 Å². The standard InChI is InChI=1S/C19H17BrN4O3S3/c1-11(16-10-29-18(17(16)25)12-2-4-13(20)5-3-12)23-24-19(28)22-14-6-8-15(9-7-14)30(21,26)27/h2-10,25H,1H3,(H2,21,26,27)(H2,22,24,28). The van der Waals surface area contributed by atoms with Crippen LogP contribution in [0.5, 0.6) is 5.75 Å². The van der Waals surface area contributed by atoms with Gasteiger partial charge < -0.3 is 10.4 Å². The van der Waals surface area contributed by atoms with Gasteiger partial charge in [-0.1, -0.05) is 28.1 Å². The number of nitrogens with zero attached hydrogens (tertiary/aromatic N) is 1. The van der Waals surface area contributed by atoms with Crippen LogP contribution in [0, 0.1) is 0 Å². The van der Waals surface area contributed by atoms with E-state index in [-0.39, 0.29) is 15.8 Å². The van der Waals surface area contributed by atoms with E-state index in [4.69, 9.17) is 17.4 Å². The van der Waals surface area contributed by atoms with E-state index in [9.17, 15) is 13.5 Å². The Morgan fingerprint density at radius 2 is 1.80 bits per heavy atom. The summed E-state index contributed by atoms with van der Waals surface area (Å²) in [7, 11) is -3.75. The molecule has 0 atom stereocenters. The number of nitrogens with one attached hydrogen (secondary N) is 2. The summed E-state index contributed by atoms with van der Waals surface area (Å²) in [5, 5.41) is 24.8. The van der Waals surface area contributed by atoms with Gasteiger partial charge in [-0.2, -0.15) is 5.10 Å². The maximum Gasteiger partial charge on any atom is 0.238 e. The van der Waals surface area contributed by atoms with E-state index < -0.39 is 10.0 Å². The third-order valence-corrected chi connectivity index (χ3v) is 6.70. The molecule has 0 saturated heterocycles. The van der Waals surface area contributed by atoms with Crippen LogP contribution in [0.15, 0.2) is 68.4 Å². The van der Waals surface area contributed by atoms with Gasteiger partial charge in [0.1, 0.15) is 5.75 Å². The van der Waals surface area contributed by atoms with Crippen LogP contribution in [0.4, 0.5) is 5.69 Å². The molecule has 0 bridgehead atoms. The zero-order valence-corrected chi connectivity index (χ0v) is 19.6. The molecule has 1 heterocycles. The second-order valence-electron chi connectivity index (χ2n) is 6.17. The van der Waals surface area contributed by atoms with Gasteiger partial charge in [-0.15, -0.1) is 11.3 Å². The summed E-state index contributed by atoms with van der Waals surface area (Å²) in [5.41, 5.74) is 5.35. The predicted molar refractivity (Wildman–Crippen MR) is 129 cm³/mol. The zero-order valence-electron chi connectivity index (χ0n) is 15.6. The van der Waals surface area contributed by atoms with Crippen molar-refractivity contribution in [1.82, 2.24) is 5.43 Å². The maximum absolute atomic E-state index is 11.3. The van der Waals surface area contributed by atoms with E-state index in [2.05, 4.69) is 31.8 Å². The minimum absolute atomic E-state index is 0.00954. The lowest BCUT2D eigenvalue weighted by atomic mass is 10.1. The van der Waals surface area contributed by atoms with E-state index in [1.165, 1.54) is 23.5 Å². The Bertz CT molecular complexity index is 1200. The molecule has 11 heteroatoms. The zero-order chi connectivity index (χ0) is 21.9. The van der Waals surface area contributed by atoms with Gasteiger partial charge in [0.2, 0.25) is 10.0 Å². The highest BCUT2D eigenvalue weighted by Gasteiger charge is 2.15. The number of thiophene rings is 1. The van der Waals surface area contributed by atoms with Crippen LogP contribution in [0.1, 0.15) is 12.5 Å². The second-order valence-corrected chi connectivity index (χ2v) is 9.93. The monoisotopic (exact) mass is 524 g/mol. The topological polar surface area (TPSA) is 117 Å². The Balaban J connectivity index is 1.67. The molecule has 0 saturated carbocycles. The van der Waals surface area contributed by atoms with Crippen molar-refractivity contribution in [2.24, 2.45) is 10.2 Å². The van der Waals surface area contributed by atoms with Crippen molar-refractivity contribution < 1.29 is 13.5 Å². The van der Waals surface area contributed by atoms with Crippen LogP contribution in [-0.4, -0.2) is 24.3 Å². The molecule has 30 heavy (non-hydrogen) atoms. The largest absolute Gasteiger partial charge is 0.506 e. The summed E-state index contributed by atoms with van der Waals surface area (Å²) >= 11 is 10.0. The predicted octanol–water partition coefficient (Wildman–Crippen LogP) is 4.24. The van der Waals surface area contributed by atoms with Crippen molar-refractivity contribution in [2.75, 3.05) is 5.32 Å². The highest BCUT2D eigenvalue weighted by atomic mass is 79.9. The molecule has 1 aromatic heterocycles. The van der Waals surface area contributed by atoms with E-state index in [0.29, 0.717) is 17.0 Å². The van der Waals surface area contributed by atoms with E-state index in [0.717, 1.165) is 14.9 Å². The lowest BCUT2D eigenvalue weighted by Crippen LogP contribution is -2.25. The Morgan fingerprint density at radius 1 is 1.17 bits per heavy atom. The summed E-state index contributed by atoms with van der Waals surface area (Å²) in [6.45, 7) is 1.75. The Kier molecular flexibility index (Phi) is 6.88. The number of nitrogens with two attached hydrogens (primary N) is 1. The molecule has 7 nitrogen and oxygen atoms in total. The lowest BCUT2D eigenvalue weighted by molar-refractivity contribution is 0.478. The van der Waals surface area contributed by atoms with Crippen LogP contribution >= 0.6 is 39.5 Å². The third kappa shape index (κ3) is 5.43. The van der Waals surface area contributed by atoms with E-state index in [1.54, 1.807) is 19.1 Å². The van der Waals surface area contributed by atoms with Gasteiger partial charge in [0, 0.05) is 15.5 Å². The lowest BCUT2D eigenvalue weighted by Gasteiger charge is -2.08. The number of aromatic hydroxyl groups is 1. The fourth-order valence-electron chi connectivity index (χ4n) is 2.50. The molecule has 0 aliphatic heterocycles. The van der Waals surface area contributed by atoms with Gasteiger partial charge in [-0.25, -0.2) is 13.6 Å². The first-order valence-corrected chi connectivity index (χ1v) is 12.1. The molecule has 0 radical (unpaired) electrons. The highest BCUT2D eigenvalue weighted by molar-refractivity contribution is 9.10. The SMILES string of the molecule is CC(=NNC(=S)Nc1ccc(S(N)(=O)=O)cc1)c1csc(-c2ccc(Br)cc2)c1O. The molecule has 0 aliphatic carbocycles. The van der Waals surface area contributed by atoms with Gasteiger partial charge in [-0.05, 0) is 61.1 Å². The van der Waals surface area contributed by atoms with Gasteiger partial charge >= 0.3 is 0 Å². The summed E-state index contributed by atoms with van der Waals surface area (Å²) in [4.78, 5) is 0.762. The minimum atomic E-state index is -3.75. The summed E-state index contributed by atoms with van der Waals surface area (Å²) in [6, 6.07) is 13.5. The molecule has 0 aliphatic rings. The van der Waals surface area contributed by atoms with Gasteiger partial charge in [0.05, 0.1) is 21.0 Å². The smallest absolute Gasteiger partial charge is 0.238 e. The Morgan fingerprint density at radius 3 is 2.40 bits per heavy atom. The molecule has 0 unspecified atom stereocenters. The number of hydrogen-bond acceptors (Lipinski definition) is 6. The summed E-state index contributed by atoms with van der Waals surface area (Å²) in [5.74, 6) is 0.155.